The molecule has 0 unspecified atom stereocenters. The minimum absolute atomic E-state index is 0.172. The quantitative estimate of drug-likeness (QED) is 0.836. The van der Waals surface area contributed by atoms with E-state index in [2.05, 4.69) is 5.32 Å². The van der Waals surface area contributed by atoms with Crippen molar-refractivity contribution in [1.29, 1.82) is 0 Å². The monoisotopic (exact) mass is 346 g/mol. The predicted molar refractivity (Wildman–Crippen MR) is 95.6 cm³/mol. The van der Waals surface area contributed by atoms with Crippen molar-refractivity contribution in [1.82, 2.24) is 4.90 Å². The summed E-state index contributed by atoms with van der Waals surface area (Å²) in [6.07, 6.45) is 0. The number of hydrogen-bond acceptors (Lipinski definition) is 4. The zero-order chi connectivity index (χ0) is 18.4. The van der Waals surface area contributed by atoms with Gasteiger partial charge in [-0.05, 0) is 37.7 Å². The number of aryl methyl sites for hydroxylation is 1. The molecule has 0 fully saturated rings. The van der Waals surface area contributed by atoms with Crippen LogP contribution in [0.25, 0.3) is 0 Å². The smallest absolute Gasteiger partial charge is 0.238 e. The van der Waals surface area contributed by atoms with Gasteiger partial charge in [-0.1, -0.05) is 12.1 Å². The Morgan fingerprint density at radius 3 is 2.60 bits per heavy atom. The first-order valence-corrected chi connectivity index (χ1v) is 7.88. The van der Waals surface area contributed by atoms with Crippen LogP contribution < -0.4 is 14.8 Å². The summed E-state index contributed by atoms with van der Waals surface area (Å²) in [5.74, 6) is 0.830. The molecule has 0 atom stereocenters. The molecule has 0 bridgehead atoms. The summed E-state index contributed by atoms with van der Waals surface area (Å²) in [5.41, 5.74) is 2.25. The lowest BCUT2D eigenvalue weighted by Crippen LogP contribution is -2.30. The first-order valence-electron chi connectivity index (χ1n) is 7.88. The van der Waals surface area contributed by atoms with E-state index in [0.717, 1.165) is 11.1 Å². The third-order valence-corrected chi connectivity index (χ3v) is 3.82. The number of likely N-dealkylation sites (N-methyl/N-ethyl adjacent to an activating group) is 1. The Bertz CT molecular complexity index is 749. The van der Waals surface area contributed by atoms with E-state index in [-0.39, 0.29) is 18.3 Å². The lowest BCUT2D eigenvalue weighted by atomic mass is 10.1. The highest BCUT2D eigenvalue weighted by molar-refractivity contribution is 5.92. The molecule has 0 spiro atoms. The van der Waals surface area contributed by atoms with Crippen LogP contribution in [0, 0.1) is 12.7 Å². The summed E-state index contributed by atoms with van der Waals surface area (Å²) >= 11 is 0. The zero-order valence-electron chi connectivity index (χ0n) is 14.9. The van der Waals surface area contributed by atoms with Gasteiger partial charge in [0.2, 0.25) is 5.91 Å². The molecular formula is C19H23FN2O3. The van der Waals surface area contributed by atoms with Crippen LogP contribution in [0.15, 0.2) is 36.4 Å². The standard InChI is InChI=1S/C19H23FN2O3/c1-13-5-7-15(20)9-17(13)21-19(23)12-22(2)11-14-6-8-16(24-3)10-18(14)25-4/h5-10H,11-12H2,1-4H3,(H,21,23). The number of methoxy groups -OCH3 is 2. The minimum atomic E-state index is -0.378. The fourth-order valence-corrected chi connectivity index (χ4v) is 2.49. The maximum atomic E-state index is 13.3. The fourth-order valence-electron chi connectivity index (χ4n) is 2.49. The Kier molecular flexibility index (Phi) is 6.36. The van der Waals surface area contributed by atoms with Gasteiger partial charge in [0.05, 0.1) is 20.8 Å². The molecule has 0 radical (unpaired) electrons. The summed E-state index contributed by atoms with van der Waals surface area (Å²) in [6, 6.07) is 9.88. The zero-order valence-corrected chi connectivity index (χ0v) is 14.9. The highest BCUT2D eigenvalue weighted by atomic mass is 19.1. The van der Waals surface area contributed by atoms with Gasteiger partial charge in [0, 0.05) is 23.9 Å². The normalized spacial score (nSPS) is 10.6. The number of rotatable bonds is 7. The SMILES string of the molecule is COc1ccc(CN(C)CC(=O)Nc2cc(F)ccc2C)c(OC)c1. The Morgan fingerprint density at radius 2 is 1.92 bits per heavy atom. The molecule has 0 heterocycles. The number of carbonyl (C=O) groups is 1. The van der Waals surface area contributed by atoms with Gasteiger partial charge in [-0.25, -0.2) is 4.39 Å². The van der Waals surface area contributed by atoms with Gasteiger partial charge >= 0.3 is 0 Å². The number of anilines is 1. The molecule has 0 aliphatic rings. The van der Waals surface area contributed by atoms with Crippen LogP contribution in [0.4, 0.5) is 10.1 Å². The Hall–Kier alpha value is -2.60. The lowest BCUT2D eigenvalue weighted by molar-refractivity contribution is -0.117. The van der Waals surface area contributed by atoms with Crippen LogP contribution >= 0.6 is 0 Å². The van der Waals surface area contributed by atoms with Gasteiger partial charge in [0.15, 0.2) is 0 Å². The summed E-state index contributed by atoms with van der Waals surface area (Å²) in [6.45, 7) is 2.52. The Labute approximate surface area is 147 Å². The first-order chi connectivity index (χ1) is 11.9. The molecule has 0 saturated carbocycles. The summed E-state index contributed by atoms with van der Waals surface area (Å²) < 4.78 is 23.9. The van der Waals surface area contributed by atoms with E-state index in [4.69, 9.17) is 9.47 Å². The topological polar surface area (TPSA) is 50.8 Å². The predicted octanol–water partition coefficient (Wildman–Crippen LogP) is 3.22. The largest absolute Gasteiger partial charge is 0.497 e. The molecule has 0 aliphatic heterocycles. The van der Waals surface area contributed by atoms with E-state index in [0.29, 0.717) is 23.7 Å². The number of carbonyl (C=O) groups excluding carboxylic acids is 1. The Balaban J connectivity index is 1.99. The van der Waals surface area contributed by atoms with E-state index < -0.39 is 0 Å². The highest BCUT2D eigenvalue weighted by Crippen LogP contribution is 2.25. The van der Waals surface area contributed by atoms with Gasteiger partial charge in [0.25, 0.3) is 0 Å². The molecule has 2 aromatic rings. The van der Waals surface area contributed by atoms with Crippen LogP contribution in [0.5, 0.6) is 11.5 Å². The number of nitrogens with zero attached hydrogens (tertiary/aromatic N) is 1. The third-order valence-electron chi connectivity index (χ3n) is 3.82. The van der Waals surface area contributed by atoms with Gasteiger partial charge in [-0.15, -0.1) is 0 Å². The van der Waals surface area contributed by atoms with Gasteiger partial charge in [-0.3, -0.25) is 9.69 Å². The second-order valence-electron chi connectivity index (χ2n) is 5.86. The van der Waals surface area contributed by atoms with Crippen LogP contribution in [0.1, 0.15) is 11.1 Å². The number of hydrogen-bond donors (Lipinski definition) is 1. The van der Waals surface area contributed by atoms with E-state index in [1.807, 2.05) is 31.0 Å². The maximum absolute atomic E-state index is 13.3. The van der Waals surface area contributed by atoms with Gasteiger partial charge < -0.3 is 14.8 Å². The molecular weight excluding hydrogens is 323 g/mol. The second kappa shape index (κ2) is 8.48. The molecule has 5 nitrogen and oxygen atoms in total. The Morgan fingerprint density at radius 1 is 1.16 bits per heavy atom. The summed E-state index contributed by atoms with van der Waals surface area (Å²) in [7, 11) is 5.03. The minimum Gasteiger partial charge on any atom is -0.497 e. The van der Waals surface area contributed by atoms with E-state index >= 15 is 0 Å². The molecule has 1 amide bonds. The number of ether oxygens (including phenoxy) is 2. The maximum Gasteiger partial charge on any atom is 0.238 e. The molecule has 2 rings (SSSR count). The summed E-state index contributed by atoms with van der Waals surface area (Å²) in [5, 5.41) is 2.74. The van der Waals surface area contributed by atoms with E-state index in [1.54, 1.807) is 26.4 Å². The summed E-state index contributed by atoms with van der Waals surface area (Å²) in [4.78, 5) is 14.1. The van der Waals surface area contributed by atoms with Crippen molar-refractivity contribution < 1.29 is 18.7 Å². The molecule has 0 saturated heterocycles. The van der Waals surface area contributed by atoms with Crippen molar-refractivity contribution in [3.8, 4) is 11.5 Å². The van der Waals surface area contributed by atoms with Crippen LogP contribution in [0.3, 0.4) is 0 Å². The average molecular weight is 346 g/mol. The molecule has 2 aromatic carbocycles. The number of benzene rings is 2. The van der Waals surface area contributed by atoms with Gasteiger partial charge in [-0.2, -0.15) is 0 Å². The van der Waals surface area contributed by atoms with Crippen molar-refractivity contribution in [3.63, 3.8) is 0 Å². The first kappa shape index (κ1) is 18.7. The molecule has 6 heteroatoms. The van der Waals surface area contributed by atoms with Gasteiger partial charge in [0.1, 0.15) is 17.3 Å². The molecule has 25 heavy (non-hydrogen) atoms. The number of amides is 1. The van der Waals surface area contributed by atoms with Crippen molar-refractivity contribution >= 4 is 11.6 Å². The van der Waals surface area contributed by atoms with Crippen LogP contribution in [-0.4, -0.2) is 38.6 Å². The van der Waals surface area contributed by atoms with Crippen molar-refractivity contribution in [3.05, 3.63) is 53.3 Å². The van der Waals surface area contributed by atoms with Crippen LogP contribution in [0.2, 0.25) is 0 Å². The van der Waals surface area contributed by atoms with E-state index in [9.17, 15) is 9.18 Å². The third kappa shape index (κ3) is 5.19. The lowest BCUT2D eigenvalue weighted by Gasteiger charge is -2.19. The van der Waals surface area contributed by atoms with Crippen LogP contribution in [-0.2, 0) is 11.3 Å². The van der Waals surface area contributed by atoms with Crippen molar-refractivity contribution in [2.45, 2.75) is 13.5 Å². The molecule has 0 aliphatic carbocycles. The molecule has 1 N–H and O–H groups in total. The fraction of sp³-hybridized carbons (Fsp3) is 0.316. The number of nitrogens with one attached hydrogen (secondary N) is 1. The van der Waals surface area contributed by atoms with E-state index in [1.165, 1.54) is 12.1 Å². The number of halogens is 1. The second-order valence-corrected chi connectivity index (χ2v) is 5.86. The van der Waals surface area contributed by atoms with Crippen molar-refractivity contribution in [2.75, 3.05) is 33.1 Å². The molecule has 134 valence electrons. The average Bonchev–Trinajstić information content (AvgIpc) is 2.58. The molecule has 0 aromatic heterocycles. The van der Waals surface area contributed by atoms with Crippen molar-refractivity contribution in [2.24, 2.45) is 0 Å². The highest BCUT2D eigenvalue weighted by Gasteiger charge is 2.12.